The molecule has 1 atom stereocenters. The smallest absolute Gasteiger partial charge is 0.323 e. The normalized spacial score (nSPS) is 17.2. The first-order valence-electron chi connectivity index (χ1n) is 7.93. The fourth-order valence-electron chi connectivity index (χ4n) is 2.84. The third-order valence-corrected chi connectivity index (χ3v) is 5.80. The van der Waals surface area contributed by atoms with Crippen LogP contribution in [0.2, 0.25) is 0 Å². The number of aryl methyl sites for hydroxylation is 2. The number of amides is 2. The van der Waals surface area contributed by atoms with Gasteiger partial charge in [-0.25, -0.2) is 9.78 Å². The van der Waals surface area contributed by atoms with Gasteiger partial charge in [-0.3, -0.25) is 10.4 Å². The molecule has 0 saturated carbocycles. The number of carbonyl (C=O) groups is 1. The van der Waals surface area contributed by atoms with Crippen molar-refractivity contribution in [3.05, 3.63) is 28.7 Å². The lowest BCUT2D eigenvalue weighted by Gasteiger charge is -2.15. The van der Waals surface area contributed by atoms with Gasteiger partial charge in [0, 0.05) is 30.5 Å². The molecule has 1 fully saturated rings. The van der Waals surface area contributed by atoms with Gasteiger partial charge in [0.05, 0.1) is 4.88 Å². The molecule has 2 amide bonds. The van der Waals surface area contributed by atoms with Crippen molar-refractivity contribution in [1.29, 1.82) is 0 Å². The molecule has 25 heavy (non-hydrogen) atoms. The first kappa shape index (κ1) is 16.2. The number of carbonyl (C=O) groups excluding carboxylic acids is 1. The standard InChI is InChI=1S/C15H17N7OS2/c1-8-4-6-24-11(8)13-17-14(25-21-13)18-15(23)22-5-3-10(7-22)12-16-9(2)19-20-12/h4,6,10H,3,5,7H2,1-2H3,(H,16,19,20)(H,17,18,21,23). The molecule has 2 N–H and O–H groups in total. The number of H-pyrrole nitrogens is 1. The van der Waals surface area contributed by atoms with Crippen molar-refractivity contribution in [2.24, 2.45) is 0 Å². The third-order valence-electron chi connectivity index (χ3n) is 4.16. The quantitative estimate of drug-likeness (QED) is 0.733. The number of thiophene rings is 1. The van der Waals surface area contributed by atoms with E-state index in [1.807, 2.05) is 25.3 Å². The van der Waals surface area contributed by atoms with Gasteiger partial charge in [-0.2, -0.15) is 14.5 Å². The van der Waals surface area contributed by atoms with Crippen LogP contribution >= 0.6 is 22.9 Å². The van der Waals surface area contributed by atoms with Crippen LogP contribution in [0.1, 0.15) is 29.6 Å². The van der Waals surface area contributed by atoms with Crippen molar-refractivity contribution < 1.29 is 4.79 Å². The Balaban J connectivity index is 1.40. The molecule has 4 rings (SSSR count). The average molecular weight is 375 g/mol. The Kier molecular flexibility index (Phi) is 4.22. The van der Waals surface area contributed by atoms with Crippen molar-refractivity contribution in [2.75, 3.05) is 18.4 Å². The second-order valence-corrected chi connectivity index (χ2v) is 7.66. The van der Waals surface area contributed by atoms with Gasteiger partial charge in [-0.15, -0.1) is 11.3 Å². The van der Waals surface area contributed by atoms with Gasteiger partial charge in [-0.05, 0) is 37.3 Å². The number of rotatable bonds is 3. The number of hydrogen-bond donors (Lipinski definition) is 2. The van der Waals surface area contributed by atoms with E-state index in [0.717, 1.165) is 28.5 Å². The average Bonchev–Trinajstić information content (AvgIpc) is 3.33. The van der Waals surface area contributed by atoms with Crippen molar-refractivity contribution in [1.82, 2.24) is 29.4 Å². The van der Waals surface area contributed by atoms with E-state index in [-0.39, 0.29) is 11.9 Å². The van der Waals surface area contributed by atoms with E-state index >= 15 is 0 Å². The first-order chi connectivity index (χ1) is 12.1. The van der Waals surface area contributed by atoms with E-state index in [2.05, 4.69) is 29.9 Å². The van der Waals surface area contributed by atoms with Crippen LogP contribution in [-0.2, 0) is 0 Å². The van der Waals surface area contributed by atoms with Crippen molar-refractivity contribution in [2.45, 2.75) is 26.2 Å². The predicted molar refractivity (Wildman–Crippen MR) is 97.0 cm³/mol. The summed E-state index contributed by atoms with van der Waals surface area (Å²) in [5.74, 6) is 2.42. The van der Waals surface area contributed by atoms with Gasteiger partial charge in [0.1, 0.15) is 5.82 Å². The molecule has 0 aromatic carbocycles. The Bertz CT molecular complexity index is 899. The van der Waals surface area contributed by atoms with Gasteiger partial charge in [-0.1, -0.05) is 0 Å². The highest BCUT2D eigenvalue weighted by molar-refractivity contribution is 7.14. The molecule has 3 aromatic heterocycles. The summed E-state index contributed by atoms with van der Waals surface area (Å²) in [6.45, 7) is 5.19. The number of nitrogens with one attached hydrogen (secondary N) is 2. The maximum atomic E-state index is 12.5. The Labute approximate surface area is 152 Å². The van der Waals surface area contributed by atoms with E-state index in [9.17, 15) is 4.79 Å². The zero-order chi connectivity index (χ0) is 17.4. The van der Waals surface area contributed by atoms with Gasteiger partial charge in [0.15, 0.2) is 11.6 Å². The Morgan fingerprint density at radius 2 is 2.28 bits per heavy atom. The Morgan fingerprint density at radius 3 is 3.00 bits per heavy atom. The number of likely N-dealkylation sites (tertiary alicyclic amines) is 1. The van der Waals surface area contributed by atoms with Crippen LogP contribution < -0.4 is 5.32 Å². The topological polar surface area (TPSA) is 99.7 Å². The Hall–Kier alpha value is -2.33. The summed E-state index contributed by atoms with van der Waals surface area (Å²) in [6, 6.07) is 1.88. The van der Waals surface area contributed by atoms with Crippen LogP contribution in [0.5, 0.6) is 0 Å². The first-order valence-corrected chi connectivity index (χ1v) is 9.58. The summed E-state index contributed by atoms with van der Waals surface area (Å²) in [5.41, 5.74) is 1.14. The Morgan fingerprint density at radius 1 is 1.40 bits per heavy atom. The summed E-state index contributed by atoms with van der Waals surface area (Å²) in [4.78, 5) is 24.1. The monoisotopic (exact) mass is 375 g/mol. The molecule has 130 valence electrons. The number of urea groups is 1. The molecule has 1 aliphatic heterocycles. The maximum absolute atomic E-state index is 12.5. The highest BCUT2D eigenvalue weighted by Gasteiger charge is 2.30. The van der Waals surface area contributed by atoms with E-state index in [4.69, 9.17) is 0 Å². The summed E-state index contributed by atoms with van der Waals surface area (Å²) in [6.07, 6.45) is 0.862. The lowest BCUT2D eigenvalue weighted by molar-refractivity contribution is 0.222. The van der Waals surface area contributed by atoms with Crippen LogP contribution in [0.15, 0.2) is 11.4 Å². The fourth-order valence-corrected chi connectivity index (χ4v) is 4.32. The minimum absolute atomic E-state index is 0.152. The number of hydrogen-bond acceptors (Lipinski definition) is 7. The van der Waals surface area contributed by atoms with Gasteiger partial charge in [0.2, 0.25) is 5.13 Å². The van der Waals surface area contributed by atoms with Gasteiger partial charge >= 0.3 is 6.03 Å². The van der Waals surface area contributed by atoms with E-state index in [0.29, 0.717) is 24.0 Å². The molecule has 0 bridgehead atoms. The minimum Gasteiger partial charge on any atom is -0.324 e. The highest BCUT2D eigenvalue weighted by Crippen LogP contribution is 2.29. The lowest BCUT2D eigenvalue weighted by Crippen LogP contribution is -2.32. The fraction of sp³-hybridized carbons (Fsp3) is 0.400. The molecule has 1 saturated heterocycles. The molecule has 3 aromatic rings. The molecule has 10 heteroatoms. The number of anilines is 1. The van der Waals surface area contributed by atoms with Gasteiger partial charge < -0.3 is 4.90 Å². The maximum Gasteiger partial charge on any atom is 0.323 e. The van der Waals surface area contributed by atoms with E-state index < -0.39 is 0 Å². The molecule has 0 spiro atoms. The third kappa shape index (κ3) is 3.27. The number of nitrogens with zero attached hydrogens (tertiary/aromatic N) is 5. The molecular formula is C15H17N7OS2. The highest BCUT2D eigenvalue weighted by atomic mass is 32.1. The molecule has 0 aliphatic carbocycles. The molecule has 8 nitrogen and oxygen atoms in total. The summed E-state index contributed by atoms with van der Waals surface area (Å²) >= 11 is 2.80. The molecule has 1 aliphatic rings. The number of aromatic amines is 1. The molecule has 1 unspecified atom stereocenters. The van der Waals surface area contributed by atoms with Crippen LogP contribution in [0, 0.1) is 13.8 Å². The van der Waals surface area contributed by atoms with Crippen LogP contribution in [0.3, 0.4) is 0 Å². The lowest BCUT2D eigenvalue weighted by atomic mass is 10.1. The molecule has 0 radical (unpaired) electrons. The van der Waals surface area contributed by atoms with Crippen LogP contribution in [0.25, 0.3) is 10.7 Å². The minimum atomic E-state index is -0.152. The molecular weight excluding hydrogens is 358 g/mol. The van der Waals surface area contributed by atoms with Crippen LogP contribution in [-0.4, -0.2) is 48.6 Å². The second kappa shape index (κ2) is 6.52. The molecule has 4 heterocycles. The van der Waals surface area contributed by atoms with Crippen molar-refractivity contribution in [3.63, 3.8) is 0 Å². The number of aromatic nitrogens is 5. The van der Waals surface area contributed by atoms with Crippen LogP contribution in [0.4, 0.5) is 9.93 Å². The second-order valence-electron chi connectivity index (χ2n) is 6.00. The van der Waals surface area contributed by atoms with Gasteiger partial charge in [0.25, 0.3) is 0 Å². The van der Waals surface area contributed by atoms with Crippen molar-refractivity contribution in [3.8, 4) is 10.7 Å². The predicted octanol–water partition coefficient (Wildman–Crippen LogP) is 3.02. The zero-order valence-electron chi connectivity index (χ0n) is 13.8. The van der Waals surface area contributed by atoms with E-state index in [1.165, 1.54) is 11.5 Å². The van der Waals surface area contributed by atoms with Crippen molar-refractivity contribution >= 4 is 34.0 Å². The summed E-state index contributed by atoms with van der Waals surface area (Å²) < 4.78 is 4.35. The summed E-state index contributed by atoms with van der Waals surface area (Å²) in [5, 5.41) is 12.4. The summed E-state index contributed by atoms with van der Waals surface area (Å²) in [7, 11) is 0. The zero-order valence-corrected chi connectivity index (χ0v) is 15.4. The largest absolute Gasteiger partial charge is 0.324 e. The van der Waals surface area contributed by atoms with E-state index in [1.54, 1.807) is 16.2 Å². The SMILES string of the molecule is Cc1nc(C2CCN(C(=O)Nc3nc(-c4sccc4C)ns3)C2)n[nH]1.